The summed E-state index contributed by atoms with van der Waals surface area (Å²) in [5, 5.41) is 5.14. The van der Waals surface area contributed by atoms with Gasteiger partial charge in [0.25, 0.3) is 0 Å². The van der Waals surface area contributed by atoms with Crippen LogP contribution in [0.3, 0.4) is 0 Å². The van der Waals surface area contributed by atoms with Crippen LogP contribution in [0.15, 0.2) is 24.3 Å². The number of aromatic amines is 1. The summed E-state index contributed by atoms with van der Waals surface area (Å²) < 4.78 is 0. The van der Waals surface area contributed by atoms with Gasteiger partial charge in [0.2, 0.25) is 0 Å². The molecule has 88 valence electrons. The van der Waals surface area contributed by atoms with Crippen molar-refractivity contribution in [3.63, 3.8) is 0 Å². The lowest BCUT2D eigenvalue weighted by Crippen LogP contribution is -2.41. The normalized spacial score (nSPS) is 31.5. The largest absolute Gasteiger partial charge is 0.358 e. The van der Waals surface area contributed by atoms with Crippen LogP contribution < -0.4 is 5.32 Å². The predicted molar refractivity (Wildman–Crippen MR) is 70.0 cm³/mol. The summed E-state index contributed by atoms with van der Waals surface area (Å²) in [6.45, 7) is 3.55. The van der Waals surface area contributed by atoms with Crippen molar-refractivity contribution in [2.24, 2.45) is 11.8 Å². The Hall–Kier alpha value is -1.28. The van der Waals surface area contributed by atoms with E-state index in [1.807, 2.05) is 0 Å². The molecule has 0 amide bonds. The Morgan fingerprint density at radius 1 is 1.24 bits per heavy atom. The van der Waals surface area contributed by atoms with E-state index >= 15 is 0 Å². The molecule has 1 aliphatic heterocycles. The zero-order valence-electron chi connectivity index (χ0n) is 10.2. The molecule has 0 saturated carbocycles. The molecule has 1 saturated heterocycles. The van der Waals surface area contributed by atoms with Crippen LogP contribution in [0.5, 0.6) is 0 Å². The van der Waals surface area contributed by atoms with Crippen molar-refractivity contribution in [2.45, 2.75) is 25.8 Å². The van der Waals surface area contributed by atoms with Crippen molar-refractivity contribution >= 4 is 10.9 Å². The van der Waals surface area contributed by atoms with E-state index in [1.54, 1.807) is 5.56 Å². The number of nitrogens with one attached hydrogen (secondary N) is 2. The van der Waals surface area contributed by atoms with Crippen LogP contribution in [0.25, 0.3) is 10.9 Å². The Labute approximate surface area is 101 Å². The maximum Gasteiger partial charge on any atom is 0.0459 e. The second-order valence-corrected chi connectivity index (χ2v) is 5.70. The number of benzene rings is 1. The molecule has 1 aromatic carbocycles. The minimum Gasteiger partial charge on any atom is -0.358 e. The van der Waals surface area contributed by atoms with Gasteiger partial charge in [-0.25, -0.2) is 0 Å². The number of hydrogen-bond donors (Lipinski definition) is 2. The van der Waals surface area contributed by atoms with Crippen LogP contribution in [0.1, 0.15) is 30.6 Å². The fourth-order valence-corrected chi connectivity index (χ4v) is 3.66. The van der Waals surface area contributed by atoms with Gasteiger partial charge in [0.05, 0.1) is 0 Å². The Balaban J connectivity index is 1.93. The number of aromatic nitrogens is 1. The van der Waals surface area contributed by atoms with Crippen LogP contribution in [-0.4, -0.2) is 11.5 Å². The summed E-state index contributed by atoms with van der Waals surface area (Å²) in [7, 11) is 0. The third-order valence-corrected chi connectivity index (χ3v) is 4.67. The number of H-pyrrole nitrogens is 1. The number of rotatable bonds is 0. The predicted octanol–water partition coefficient (Wildman–Crippen LogP) is 3.01. The Morgan fingerprint density at radius 2 is 2.12 bits per heavy atom. The van der Waals surface area contributed by atoms with Gasteiger partial charge in [0, 0.05) is 22.6 Å². The maximum atomic E-state index is 3.71. The Morgan fingerprint density at radius 3 is 3.06 bits per heavy atom. The lowest BCUT2D eigenvalue weighted by Gasteiger charge is -2.39. The Bertz CT molecular complexity index is 569. The lowest BCUT2D eigenvalue weighted by molar-refractivity contribution is 0.207. The molecule has 4 rings (SSSR count). The van der Waals surface area contributed by atoms with Crippen molar-refractivity contribution < 1.29 is 0 Å². The first kappa shape index (κ1) is 9.72. The first-order chi connectivity index (χ1) is 8.33. The van der Waals surface area contributed by atoms with Gasteiger partial charge in [-0.2, -0.15) is 0 Å². The monoisotopic (exact) mass is 226 g/mol. The zero-order chi connectivity index (χ0) is 11.4. The van der Waals surface area contributed by atoms with E-state index in [4.69, 9.17) is 0 Å². The molecule has 17 heavy (non-hydrogen) atoms. The summed E-state index contributed by atoms with van der Waals surface area (Å²) in [4.78, 5) is 3.63. The van der Waals surface area contributed by atoms with Crippen molar-refractivity contribution in [2.75, 3.05) is 6.54 Å². The van der Waals surface area contributed by atoms with Crippen molar-refractivity contribution in [3.05, 3.63) is 35.5 Å². The molecule has 1 unspecified atom stereocenters. The minimum atomic E-state index is 0.580. The summed E-state index contributed by atoms with van der Waals surface area (Å²) in [5.41, 5.74) is 4.33. The molecule has 1 fully saturated rings. The molecule has 2 nitrogen and oxygen atoms in total. The van der Waals surface area contributed by atoms with Gasteiger partial charge in [-0.15, -0.1) is 0 Å². The molecule has 0 spiro atoms. The summed E-state index contributed by atoms with van der Waals surface area (Å²) in [5.74, 6) is 1.67. The molecule has 2 bridgehead atoms. The van der Waals surface area contributed by atoms with Gasteiger partial charge in [-0.1, -0.05) is 25.1 Å². The van der Waals surface area contributed by atoms with Crippen LogP contribution >= 0.6 is 0 Å². The molecule has 3 atom stereocenters. The number of para-hydroxylation sites is 1. The van der Waals surface area contributed by atoms with Crippen LogP contribution in [0, 0.1) is 11.8 Å². The maximum absolute atomic E-state index is 3.71. The summed E-state index contributed by atoms with van der Waals surface area (Å²) >= 11 is 0. The van der Waals surface area contributed by atoms with Gasteiger partial charge < -0.3 is 10.3 Å². The smallest absolute Gasteiger partial charge is 0.0459 e. The molecule has 2 heteroatoms. The van der Waals surface area contributed by atoms with E-state index in [0.717, 1.165) is 11.8 Å². The van der Waals surface area contributed by atoms with Crippen molar-refractivity contribution in [3.8, 4) is 0 Å². The summed E-state index contributed by atoms with van der Waals surface area (Å²) in [6, 6.07) is 9.29. The standard InChI is InChI=1S/C15H18N2/c1-9-8-16-13-6-10(9)7-14-15(13)11-4-2-3-5-12(11)17-14/h2-5,9-10,13,16-17H,6-8H2,1H3/t9?,10-,13+/m1/s1. The zero-order valence-corrected chi connectivity index (χ0v) is 10.2. The fourth-order valence-electron chi connectivity index (χ4n) is 3.66. The van der Waals surface area contributed by atoms with Gasteiger partial charge in [0.1, 0.15) is 0 Å². The van der Waals surface area contributed by atoms with E-state index < -0.39 is 0 Å². The molecule has 2 aliphatic rings. The van der Waals surface area contributed by atoms with Crippen molar-refractivity contribution in [1.29, 1.82) is 0 Å². The Kier molecular flexibility index (Phi) is 1.92. The first-order valence-corrected chi connectivity index (χ1v) is 6.66. The minimum absolute atomic E-state index is 0.580. The molecule has 1 aromatic heterocycles. The molecule has 2 heterocycles. The van der Waals surface area contributed by atoms with E-state index in [0.29, 0.717) is 6.04 Å². The molecule has 2 N–H and O–H groups in total. The molecule has 2 aromatic rings. The quantitative estimate of drug-likeness (QED) is 0.710. The molecular formula is C15H18N2. The second-order valence-electron chi connectivity index (χ2n) is 5.70. The van der Waals surface area contributed by atoms with Crippen LogP contribution in [0.2, 0.25) is 0 Å². The first-order valence-electron chi connectivity index (χ1n) is 6.66. The third-order valence-electron chi connectivity index (χ3n) is 4.67. The second kappa shape index (κ2) is 3.36. The highest BCUT2D eigenvalue weighted by Gasteiger charge is 2.35. The average Bonchev–Trinajstić information content (AvgIpc) is 2.72. The number of hydrogen-bond acceptors (Lipinski definition) is 1. The third kappa shape index (κ3) is 1.31. The number of piperidine rings is 1. The van der Waals surface area contributed by atoms with Gasteiger partial charge in [0.15, 0.2) is 0 Å². The molecule has 1 aliphatic carbocycles. The van der Waals surface area contributed by atoms with Crippen LogP contribution in [-0.2, 0) is 6.42 Å². The van der Waals surface area contributed by atoms with E-state index in [1.165, 1.54) is 36.0 Å². The van der Waals surface area contributed by atoms with Crippen LogP contribution in [0.4, 0.5) is 0 Å². The topological polar surface area (TPSA) is 27.8 Å². The highest BCUT2D eigenvalue weighted by molar-refractivity contribution is 5.85. The highest BCUT2D eigenvalue weighted by atomic mass is 15.0. The average molecular weight is 226 g/mol. The molecule has 0 radical (unpaired) electrons. The van der Waals surface area contributed by atoms with Gasteiger partial charge in [-0.3, -0.25) is 0 Å². The van der Waals surface area contributed by atoms with Gasteiger partial charge >= 0.3 is 0 Å². The SMILES string of the molecule is CC1CN[C@H]2C[C@@H]1Cc1[nH]c3ccccc3c12. The fraction of sp³-hybridized carbons (Fsp3) is 0.467. The van der Waals surface area contributed by atoms with Crippen molar-refractivity contribution in [1.82, 2.24) is 10.3 Å². The molecular weight excluding hydrogens is 208 g/mol. The highest BCUT2D eigenvalue weighted by Crippen LogP contribution is 2.42. The summed E-state index contributed by atoms with van der Waals surface area (Å²) in [6.07, 6.45) is 2.55. The van der Waals surface area contributed by atoms with E-state index in [2.05, 4.69) is 41.5 Å². The lowest BCUT2D eigenvalue weighted by atomic mass is 9.74. The van der Waals surface area contributed by atoms with E-state index in [9.17, 15) is 0 Å². The van der Waals surface area contributed by atoms with Gasteiger partial charge in [-0.05, 0) is 42.9 Å². The number of fused-ring (bicyclic) bond motifs is 6. The van der Waals surface area contributed by atoms with E-state index in [-0.39, 0.29) is 0 Å².